The molecule has 0 atom stereocenters. The minimum atomic E-state index is -0.997. The highest BCUT2D eigenvalue weighted by Gasteiger charge is 2.31. The Morgan fingerprint density at radius 1 is 1.06 bits per heavy atom. The maximum Gasteiger partial charge on any atom is 0.335 e. The van der Waals surface area contributed by atoms with Crippen LogP contribution in [0, 0.1) is 0 Å². The number of hydrogen-bond acceptors (Lipinski definition) is 6. The second-order valence-electron chi connectivity index (χ2n) is 9.73. The summed E-state index contributed by atoms with van der Waals surface area (Å²) >= 11 is 0. The van der Waals surface area contributed by atoms with Gasteiger partial charge < -0.3 is 24.8 Å². The van der Waals surface area contributed by atoms with Gasteiger partial charge in [0.25, 0.3) is 0 Å². The van der Waals surface area contributed by atoms with Gasteiger partial charge in [-0.1, -0.05) is 6.07 Å². The summed E-state index contributed by atoms with van der Waals surface area (Å²) < 4.78 is 11.8. The Balaban J connectivity index is 1.23. The maximum absolute atomic E-state index is 12.3. The summed E-state index contributed by atoms with van der Waals surface area (Å²) in [6, 6.07) is 11.4. The minimum Gasteiger partial charge on any atom is -0.493 e. The van der Waals surface area contributed by atoms with Crippen molar-refractivity contribution < 1.29 is 24.2 Å². The lowest BCUT2D eigenvalue weighted by molar-refractivity contribution is -0.115. The number of carbonyl (C=O) groups is 2. The molecule has 1 aliphatic carbocycles. The van der Waals surface area contributed by atoms with Gasteiger partial charge in [0.15, 0.2) is 11.5 Å². The third kappa shape index (κ3) is 5.22. The lowest BCUT2D eigenvalue weighted by atomic mass is 9.99. The predicted molar refractivity (Wildman–Crippen MR) is 134 cm³/mol. The Hall–Kier alpha value is -3.26. The van der Waals surface area contributed by atoms with E-state index in [9.17, 15) is 14.7 Å². The second-order valence-corrected chi connectivity index (χ2v) is 9.73. The fourth-order valence-corrected chi connectivity index (χ4v) is 5.52. The average molecular weight is 480 g/mol. The van der Waals surface area contributed by atoms with Gasteiger partial charge >= 0.3 is 5.97 Å². The SMILES string of the molecule is COc1ccc(CN2CCC(N3CC(=O)Nc4cc(C(=O)O)ccc43)CC2)cc1OC1CCCC1. The van der Waals surface area contributed by atoms with Crippen LogP contribution in [0.5, 0.6) is 11.5 Å². The third-order valence-electron chi connectivity index (χ3n) is 7.37. The van der Waals surface area contributed by atoms with Gasteiger partial charge in [0, 0.05) is 25.7 Å². The van der Waals surface area contributed by atoms with E-state index in [1.54, 1.807) is 19.2 Å². The van der Waals surface area contributed by atoms with Gasteiger partial charge in [-0.3, -0.25) is 9.69 Å². The molecule has 8 heteroatoms. The van der Waals surface area contributed by atoms with E-state index in [1.807, 2.05) is 12.1 Å². The van der Waals surface area contributed by atoms with E-state index in [2.05, 4.69) is 27.2 Å². The fourth-order valence-electron chi connectivity index (χ4n) is 5.52. The zero-order valence-corrected chi connectivity index (χ0v) is 20.2. The molecule has 2 aliphatic heterocycles. The quantitative estimate of drug-likeness (QED) is 0.617. The number of rotatable bonds is 7. The van der Waals surface area contributed by atoms with Crippen LogP contribution in [0.25, 0.3) is 0 Å². The first kappa shape index (κ1) is 23.5. The molecule has 2 aromatic rings. The van der Waals surface area contributed by atoms with Gasteiger partial charge in [-0.15, -0.1) is 0 Å². The van der Waals surface area contributed by atoms with Crippen molar-refractivity contribution in [2.45, 2.75) is 57.2 Å². The van der Waals surface area contributed by atoms with Crippen molar-refractivity contribution in [2.24, 2.45) is 0 Å². The molecule has 0 aromatic heterocycles. The van der Waals surface area contributed by atoms with Crippen LogP contribution in [0.3, 0.4) is 0 Å². The molecule has 1 saturated carbocycles. The number of benzene rings is 2. The first-order valence-corrected chi connectivity index (χ1v) is 12.5. The van der Waals surface area contributed by atoms with E-state index in [0.29, 0.717) is 12.2 Å². The number of hydrogen-bond donors (Lipinski definition) is 2. The van der Waals surface area contributed by atoms with E-state index >= 15 is 0 Å². The molecule has 0 spiro atoms. The topological polar surface area (TPSA) is 91.3 Å². The molecular weight excluding hydrogens is 446 g/mol. The predicted octanol–water partition coefficient (Wildman–Crippen LogP) is 4.14. The number of anilines is 2. The number of methoxy groups -OCH3 is 1. The molecule has 0 bridgehead atoms. The Kier molecular flexibility index (Phi) is 6.81. The van der Waals surface area contributed by atoms with Crippen molar-refractivity contribution in [2.75, 3.05) is 37.0 Å². The molecular formula is C27H33N3O5. The summed E-state index contributed by atoms with van der Waals surface area (Å²) in [6.45, 7) is 2.99. The number of nitrogens with zero attached hydrogens (tertiary/aromatic N) is 2. The van der Waals surface area contributed by atoms with E-state index < -0.39 is 5.97 Å². The minimum absolute atomic E-state index is 0.101. The lowest BCUT2D eigenvalue weighted by Gasteiger charge is -2.42. The number of piperidine rings is 1. The number of likely N-dealkylation sites (tertiary alicyclic amines) is 1. The molecule has 2 N–H and O–H groups in total. The Morgan fingerprint density at radius 2 is 1.83 bits per heavy atom. The van der Waals surface area contributed by atoms with Gasteiger partial charge in [-0.25, -0.2) is 4.79 Å². The molecule has 2 aromatic carbocycles. The van der Waals surface area contributed by atoms with Crippen molar-refractivity contribution in [1.82, 2.24) is 4.90 Å². The van der Waals surface area contributed by atoms with Crippen molar-refractivity contribution >= 4 is 23.3 Å². The van der Waals surface area contributed by atoms with Crippen LogP contribution in [0.15, 0.2) is 36.4 Å². The smallest absolute Gasteiger partial charge is 0.335 e. The lowest BCUT2D eigenvalue weighted by Crippen LogP contribution is -2.49. The molecule has 8 nitrogen and oxygen atoms in total. The Labute approximate surface area is 205 Å². The second kappa shape index (κ2) is 10.2. The van der Waals surface area contributed by atoms with Crippen LogP contribution in [-0.2, 0) is 11.3 Å². The normalized spacial score (nSPS) is 19.3. The van der Waals surface area contributed by atoms with Crippen LogP contribution in [0.4, 0.5) is 11.4 Å². The number of carboxylic acids is 1. The number of fused-ring (bicyclic) bond motifs is 1. The van der Waals surface area contributed by atoms with Gasteiger partial charge in [-0.2, -0.15) is 0 Å². The molecule has 3 aliphatic rings. The zero-order chi connectivity index (χ0) is 24.4. The first-order chi connectivity index (χ1) is 17.0. The van der Waals surface area contributed by atoms with Crippen molar-refractivity contribution in [1.29, 1.82) is 0 Å². The molecule has 1 saturated heterocycles. The van der Waals surface area contributed by atoms with Crippen LogP contribution in [0.2, 0.25) is 0 Å². The van der Waals surface area contributed by atoms with Crippen LogP contribution in [0.1, 0.15) is 54.4 Å². The van der Waals surface area contributed by atoms with Crippen LogP contribution < -0.4 is 19.7 Å². The number of amides is 1. The summed E-state index contributed by atoms with van der Waals surface area (Å²) in [5.41, 5.74) is 2.87. The van der Waals surface area contributed by atoms with Gasteiger partial charge in [0.1, 0.15) is 0 Å². The number of carboxylic acid groups (broad SMARTS) is 1. The van der Waals surface area contributed by atoms with E-state index in [0.717, 1.165) is 62.5 Å². The monoisotopic (exact) mass is 479 g/mol. The van der Waals surface area contributed by atoms with Gasteiger partial charge in [-0.05, 0) is 74.4 Å². The fraction of sp³-hybridized carbons (Fsp3) is 0.481. The molecule has 2 heterocycles. The number of carbonyl (C=O) groups excluding carboxylic acids is 1. The number of ether oxygens (including phenoxy) is 2. The maximum atomic E-state index is 12.3. The third-order valence-corrected chi connectivity index (χ3v) is 7.37. The summed E-state index contributed by atoms with van der Waals surface area (Å²) in [5, 5.41) is 12.1. The van der Waals surface area contributed by atoms with Gasteiger partial charge in [0.2, 0.25) is 5.91 Å². The van der Waals surface area contributed by atoms with E-state index in [-0.39, 0.29) is 23.6 Å². The highest BCUT2D eigenvalue weighted by atomic mass is 16.5. The van der Waals surface area contributed by atoms with Crippen molar-refractivity contribution in [3.63, 3.8) is 0 Å². The molecule has 1 amide bonds. The largest absolute Gasteiger partial charge is 0.493 e. The van der Waals surface area contributed by atoms with E-state index in [4.69, 9.17) is 9.47 Å². The highest BCUT2D eigenvalue weighted by molar-refractivity contribution is 6.03. The zero-order valence-electron chi connectivity index (χ0n) is 20.2. The molecule has 0 radical (unpaired) electrons. The molecule has 35 heavy (non-hydrogen) atoms. The van der Waals surface area contributed by atoms with Gasteiger partial charge in [0.05, 0.1) is 36.7 Å². The van der Waals surface area contributed by atoms with Crippen molar-refractivity contribution in [3.05, 3.63) is 47.5 Å². The standard InChI is InChI=1S/C27H33N3O5/c1-34-24-9-6-18(14-25(24)35-21-4-2-3-5-21)16-29-12-10-20(11-13-29)30-17-26(31)28-22-15-19(27(32)33)7-8-23(22)30/h6-9,14-15,20-21H,2-5,10-13,16-17H2,1H3,(H,28,31)(H,32,33). The molecule has 186 valence electrons. The summed E-state index contributed by atoms with van der Waals surface area (Å²) in [7, 11) is 1.68. The molecule has 0 unspecified atom stereocenters. The summed E-state index contributed by atoms with van der Waals surface area (Å²) in [4.78, 5) is 28.3. The first-order valence-electron chi connectivity index (χ1n) is 12.5. The van der Waals surface area contributed by atoms with Crippen LogP contribution in [-0.4, -0.2) is 60.8 Å². The average Bonchev–Trinajstić information content (AvgIpc) is 3.37. The van der Waals surface area contributed by atoms with Crippen molar-refractivity contribution in [3.8, 4) is 11.5 Å². The van der Waals surface area contributed by atoms with Crippen LogP contribution >= 0.6 is 0 Å². The number of aromatic carboxylic acids is 1. The summed E-state index contributed by atoms with van der Waals surface area (Å²) in [6.07, 6.45) is 6.83. The highest BCUT2D eigenvalue weighted by Crippen LogP contribution is 2.35. The summed E-state index contributed by atoms with van der Waals surface area (Å²) in [5.74, 6) is 0.522. The number of nitrogens with one attached hydrogen (secondary N) is 1. The van der Waals surface area contributed by atoms with E-state index in [1.165, 1.54) is 18.4 Å². The molecule has 5 rings (SSSR count). The Bertz CT molecular complexity index is 1090. The Morgan fingerprint density at radius 3 is 2.54 bits per heavy atom. The molecule has 2 fully saturated rings.